The lowest BCUT2D eigenvalue weighted by molar-refractivity contribution is 0.653. The Morgan fingerprint density at radius 2 is 2.06 bits per heavy atom. The van der Waals surface area contributed by atoms with Crippen molar-refractivity contribution in [1.82, 2.24) is 9.78 Å². The third kappa shape index (κ3) is 1.75. The number of para-hydroxylation sites is 2. The van der Waals surface area contributed by atoms with Crippen molar-refractivity contribution in [3.63, 3.8) is 0 Å². The molecule has 4 nitrogen and oxygen atoms in total. The highest BCUT2D eigenvalue weighted by atomic mass is 15.3. The van der Waals surface area contributed by atoms with Crippen molar-refractivity contribution in [3.8, 4) is 0 Å². The lowest BCUT2D eigenvalue weighted by Crippen LogP contribution is -2.27. The number of aryl methyl sites for hydroxylation is 2. The van der Waals surface area contributed by atoms with E-state index in [4.69, 9.17) is 0 Å². The molecule has 2 N–H and O–H groups in total. The smallest absolute Gasteiger partial charge is 0.0855 e. The fourth-order valence-corrected chi connectivity index (χ4v) is 2.35. The van der Waals surface area contributed by atoms with E-state index in [1.54, 1.807) is 0 Å². The van der Waals surface area contributed by atoms with Crippen LogP contribution in [0.25, 0.3) is 0 Å². The van der Waals surface area contributed by atoms with E-state index < -0.39 is 0 Å². The Bertz CT molecular complexity index is 544. The predicted octanol–water partition coefficient (Wildman–Crippen LogP) is 2.31. The quantitative estimate of drug-likeness (QED) is 0.787. The summed E-state index contributed by atoms with van der Waals surface area (Å²) in [4.78, 5) is 0. The summed E-state index contributed by atoms with van der Waals surface area (Å²) in [6.07, 6.45) is 0. The number of benzene rings is 1. The second-order valence-corrected chi connectivity index (χ2v) is 4.46. The zero-order valence-electron chi connectivity index (χ0n) is 10.1. The Labute approximate surface area is 101 Å². The molecule has 0 spiro atoms. The summed E-state index contributed by atoms with van der Waals surface area (Å²) >= 11 is 0. The molecule has 1 aliphatic heterocycles. The van der Waals surface area contributed by atoms with Crippen LogP contribution in [0.1, 0.15) is 17.4 Å². The largest absolute Gasteiger partial charge is 0.381 e. The van der Waals surface area contributed by atoms with Gasteiger partial charge in [0.2, 0.25) is 0 Å². The van der Waals surface area contributed by atoms with Crippen LogP contribution in [0.2, 0.25) is 0 Å². The summed E-state index contributed by atoms with van der Waals surface area (Å²) in [5.74, 6) is 0. The van der Waals surface area contributed by atoms with Crippen molar-refractivity contribution >= 4 is 11.4 Å². The summed E-state index contributed by atoms with van der Waals surface area (Å²) in [7, 11) is 1.99. The van der Waals surface area contributed by atoms with Gasteiger partial charge in [0.1, 0.15) is 0 Å². The van der Waals surface area contributed by atoms with Crippen LogP contribution in [0.15, 0.2) is 30.3 Å². The molecule has 0 radical (unpaired) electrons. The summed E-state index contributed by atoms with van der Waals surface area (Å²) in [5.41, 5.74) is 4.60. The van der Waals surface area contributed by atoms with Gasteiger partial charge in [-0.2, -0.15) is 5.10 Å². The van der Waals surface area contributed by atoms with Crippen molar-refractivity contribution in [2.24, 2.45) is 7.05 Å². The maximum absolute atomic E-state index is 4.39. The molecule has 4 heteroatoms. The van der Waals surface area contributed by atoms with Crippen molar-refractivity contribution in [3.05, 3.63) is 41.7 Å². The third-order valence-electron chi connectivity index (χ3n) is 3.15. The predicted molar refractivity (Wildman–Crippen MR) is 69.2 cm³/mol. The van der Waals surface area contributed by atoms with Gasteiger partial charge in [0.15, 0.2) is 0 Å². The number of anilines is 2. The highest BCUT2D eigenvalue weighted by Crippen LogP contribution is 2.30. The first-order valence-corrected chi connectivity index (χ1v) is 5.84. The molecule has 1 aromatic heterocycles. The molecule has 1 aliphatic rings. The maximum atomic E-state index is 4.39. The number of fused-ring (bicyclic) bond motifs is 1. The zero-order valence-corrected chi connectivity index (χ0v) is 10.1. The Kier molecular flexibility index (Phi) is 2.28. The molecule has 0 saturated heterocycles. The monoisotopic (exact) mass is 228 g/mol. The zero-order chi connectivity index (χ0) is 11.8. The number of nitrogens with one attached hydrogen (secondary N) is 2. The molecular formula is C13H16N4. The maximum Gasteiger partial charge on any atom is 0.0855 e. The summed E-state index contributed by atoms with van der Waals surface area (Å²) in [6, 6.07) is 10.7. The highest BCUT2D eigenvalue weighted by molar-refractivity contribution is 5.71. The SMILES string of the molecule is Cc1cc(C2CNc3ccccc3N2)n(C)n1. The van der Waals surface area contributed by atoms with Crippen molar-refractivity contribution in [2.75, 3.05) is 17.2 Å². The molecule has 17 heavy (non-hydrogen) atoms. The van der Waals surface area contributed by atoms with E-state index in [1.165, 1.54) is 11.4 Å². The molecule has 1 unspecified atom stereocenters. The van der Waals surface area contributed by atoms with Crippen molar-refractivity contribution in [1.29, 1.82) is 0 Å². The Hall–Kier alpha value is -1.97. The number of aromatic nitrogens is 2. The molecule has 0 amide bonds. The van der Waals surface area contributed by atoms with Gasteiger partial charge in [-0.25, -0.2) is 0 Å². The first-order chi connectivity index (χ1) is 8.24. The molecule has 1 atom stereocenters. The Morgan fingerprint density at radius 3 is 2.76 bits per heavy atom. The van der Waals surface area contributed by atoms with Crippen molar-refractivity contribution < 1.29 is 0 Å². The van der Waals surface area contributed by atoms with Crippen LogP contribution in [0.5, 0.6) is 0 Å². The number of hydrogen-bond acceptors (Lipinski definition) is 3. The van der Waals surface area contributed by atoms with Gasteiger partial charge in [-0.05, 0) is 25.1 Å². The van der Waals surface area contributed by atoms with E-state index in [0.717, 1.165) is 17.9 Å². The molecule has 0 fully saturated rings. The average molecular weight is 228 g/mol. The summed E-state index contributed by atoms with van der Waals surface area (Å²) < 4.78 is 1.95. The minimum Gasteiger partial charge on any atom is -0.381 e. The number of nitrogens with zero attached hydrogens (tertiary/aromatic N) is 2. The van der Waals surface area contributed by atoms with E-state index in [2.05, 4.69) is 33.9 Å². The van der Waals surface area contributed by atoms with Crippen molar-refractivity contribution in [2.45, 2.75) is 13.0 Å². The Balaban J connectivity index is 1.92. The molecule has 0 saturated carbocycles. The molecule has 0 aliphatic carbocycles. The van der Waals surface area contributed by atoms with Gasteiger partial charge in [-0.15, -0.1) is 0 Å². The van der Waals surface area contributed by atoms with Gasteiger partial charge in [0, 0.05) is 13.6 Å². The number of rotatable bonds is 1. The third-order valence-corrected chi connectivity index (χ3v) is 3.15. The highest BCUT2D eigenvalue weighted by Gasteiger charge is 2.21. The van der Waals surface area contributed by atoms with E-state index >= 15 is 0 Å². The molecule has 2 heterocycles. The van der Waals surface area contributed by atoms with Crippen LogP contribution in [0.3, 0.4) is 0 Å². The minimum atomic E-state index is 0.274. The minimum absolute atomic E-state index is 0.274. The van der Waals surface area contributed by atoms with Gasteiger partial charge in [-0.3, -0.25) is 4.68 Å². The van der Waals surface area contributed by atoms with Crippen LogP contribution in [-0.4, -0.2) is 16.3 Å². The second-order valence-electron chi connectivity index (χ2n) is 4.46. The first kappa shape index (κ1) is 10.2. The van der Waals surface area contributed by atoms with Gasteiger partial charge in [0.25, 0.3) is 0 Å². The topological polar surface area (TPSA) is 41.9 Å². The van der Waals surface area contributed by atoms with Crippen LogP contribution in [0, 0.1) is 6.92 Å². The summed E-state index contributed by atoms with van der Waals surface area (Å²) in [6.45, 7) is 2.91. The van der Waals surface area contributed by atoms with E-state index in [-0.39, 0.29) is 6.04 Å². The molecule has 88 valence electrons. The van der Waals surface area contributed by atoms with E-state index in [9.17, 15) is 0 Å². The summed E-state index contributed by atoms with van der Waals surface area (Å²) in [5, 5.41) is 11.4. The molecule has 2 aromatic rings. The standard InChI is InChI=1S/C13H16N4/c1-9-7-13(17(2)16-9)12-8-14-10-5-3-4-6-11(10)15-12/h3-7,12,14-15H,8H2,1-2H3. The fourth-order valence-electron chi connectivity index (χ4n) is 2.35. The second kappa shape index (κ2) is 3.80. The fraction of sp³-hybridized carbons (Fsp3) is 0.308. The average Bonchev–Trinajstić information content (AvgIpc) is 2.68. The van der Waals surface area contributed by atoms with Gasteiger partial charge >= 0.3 is 0 Å². The normalized spacial score (nSPS) is 18.1. The Morgan fingerprint density at radius 1 is 1.29 bits per heavy atom. The van der Waals surface area contributed by atoms with Gasteiger partial charge in [-0.1, -0.05) is 12.1 Å². The van der Waals surface area contributed by atoms with Gasteiger partial charge in [0.05, 0.1) is 28.8 Å². The van der Waals surface area contributed by atoms with Crippen LogP contribution in [-0.2, 0) is 7.05 Å². The van der Waals surface area contributed by atoms with Crippen LogP contribution in [0.4, 0.5) is 11.4 Å². The molecular weight excluding hydrogens is 212 g/mol. The molecule has 3 rings (SSSR count). The lowest BCUT2D eigenvalue weighted by atomic mass is 10.1. The molecule has 1 aromatic carbocycles. The van der Waals surface area contributed by atoms with E-state index in [1.807, 2.05) is 30.8 Å². The van der Waals surface area contributed by atoms with Crippen LogP contribution >= 0.6 is 0 Å². The number of hydrogen-bond donors (Lipinski definition) is 2. The molecule has 0 bridgehead atoms. The first-order valence-electron chi connectivity index (χ1n) is 5.84. The lowest BCUT2D eigenvalue weighted by Gasteiger charge is -2.28. The van der Waals surface area contributed by atoms with Crippen LogP contribution < -0.4 is 10.6 Å². The van der Waals surface area contributed by atoms with Gasteiger partial charge < -0.3 is 10.6 Å². The van der Waals surface area contributed by atoms with E-state index in [0.29, 0.717) is 0 Å².